The number of thiophene rings is 1. The molecule has 22 heavy (non-hydrogen) atoms. The Morgan fingerprint density at radius 1 is 1.05 bits per heavy atom. The molecule has 3 rings (SSSR count). The molecule has 0 aliphatic heterocycles. The summed E-state index contributed by atoms with van der Waals surface area (Å²) in [6, 6.07) is 16.0. The predicted molar refractivity (Wildman–Crippen MR) is 87.6 cm³/mol. The number of aryl methyl sites for hydroxylation is 1. The lowest BCUT2D eigenvalue weighted by Gasteiger charge is -2.22. The summed E-state index contributed by atoms with van der Waals surface area (Å²) in [7, 11) is -3.62. The lowest BCUT2D eigenvalue weighted by molar-refractivity contribution is 0.509. The van der Waals surface area contributed by atoms with Crippen LogP contribution in [0, 0.1) is 6.92 Å². The Hall–Kier alpha value is -2.05. The van der Waals surface area contributed by atoms with Crippen LogP contribution in [0.1, 0.15) is 10.6 Å². The second-order valence-electron chi connectivity index (χ2n) is 4.79. The molecule has 0 unspecified atom stereocenters. The van der Waals surface area contributed by atoms with Crippen LogP contribution in [0.2, 0.25) is 0 Å². The maximum atomic E-state index is 13.0. The first-order valence-corrected chi connectivity index (χ1v) is 8.99. The van der Waals surface area contributed by atoms with E-state index in [1.54, 1.807) is 36.6 Å². The average molecular weight is 333 g/mol. The number of sulfonamides is 1. The molecule has 1 aromatic carbocycles. The molecular formula is C16H15NO3S2. The third-order valence-corrected chi connectivity index (χ3v) is 6.43. The van der Waals surface area contributed by atoms with Crippen molar-refractivity contribution in [3.05, 3.63) is 71.5 Å². The fraction of sp³-hybridized carbons (Fsp3) is 0.125. The van der Waals surface area contributed by atoms with Crippen molar-refractivity contribution in [3.63, 3.8) is 0 Å². The van der Waals surface area contributed by atoms with E-state index >= 15 is 0 Å². The Labute approximate surface area is 133 Å². The zero-order valence-electron chi connectivity index (χ0n) is 12.0. The summed E-state index contributed by atoms with van der Waals surface area (Å²) in [5.41, 5.74) is 0.616. The summed E-state index contributed by atoms with van der Waals surface area (Å²) in [6.45, 7) is 2.05. The summed E-state index contributed by atoms with van der Waals surface area (Å²) >= 11 is 1.27. The molecule has 0 fully saturated rings. The molecule has 4 nitrogen and oxygen atoms in total. The Morgan fingerprint density at radius 2 is 1.82 bits per heavy atom. The number of hydrogen-bond donors (Lipinski definition) is 0. The van der Waals surface area contributed by atoms with Gasteiger partial charge in [0.15, 0.2) is 0 Å². The second kappa shape index (κ2) is 5.98. The number of rotatable bonds is 5. The third-order valence-electron chi connectivity index (χ3n) is 3.18. The minimum Gasteiger partial charge on any atom is -0.467 e. The normalized spacial score (nSPS) is 11.5. The van der Waals surface area contributed by atoms with E-state index in [1.165, 1.54) is 15.6 Å². The summed E-state index contributed by atoms with van der Waals surface area (Å²) in [5, 5.41) is 0. The van der Waals surface area contributed by atoms with Gasteiger partial charge in [0.1, 0.15) is 9.97 Å². The maximum Gasteiger partial charge on any atom is 0.274 e. The number of para-hydroxylation sites is 1. The van der Waals surface area contributed by atoms with Crippen LogP contribution in [0.5, 0.6) is 0 Å². The quantitative estimate of drug-likeness (QED) is 0.708. The standard InChI is InChI=1S/C16H15NO3S2/c1-13-9-10-16(21-13)22(18,19)17(12-15-8-5-11-20-15)14-6-3-2-4-7-14/h2-11H,12H2,1H3. The Morgan fingerprint density at radius 3 is 2.41 bits per heavy atom. The van der Waals surface area contributed by atoms with E-state index in [-0.39, 0.29) is 6.54 Å². The lowest BCUT2D eigenvalue weighted by Crippen LogP contribution is -2.29. The van der Waals surface area contributed by atoms with Crippen LogP contribution >= 0.6 is 11.3 Å². The summed E-state index contributed by atoms with van der Waals surface area (Å²) < 4.78 is 33.0. The van der Waals surface area contributed by atoms with Crippen LogP contribution in [-0.4, -0.2) is 8.42 Å². The van der Waals surface area contributed by atoms with Crippen molar-refractivity contribution in [2.75, 3.05) is 4.31 Å². The third kappa shape index (κ3) is 2.93. The number of benzene rings is 1. The van der Waals surface area contributed by atoms with Gasteiger partial charge in [0.2, 0.25) is 0 Å². The van der Waals surface area contributed by atoms with Gasteiger partial charge in [0, 0.05) is 4.88 Å². The molecule has 0 aliphatic carbocycles. The summed E-state index contributed by atoms with van der Waals surface area (Å²) in [4.78, 5) is 0.963. The van der Waals surface area contributed by atoms with Crippen molar-refractivity contribution < 1.29 is 12.8 Å². The van der Waals surface area contributed by atoms with Crippen LogP contribution in [0.25, 0.3) is 0 Å². The largest absolute Gasteiger partial charge is 0.467 e. The molecule has 0 aliphatic rings. The van der Waals surface area contributed by atoms with Gasteiger partial charge in [-0.2, -0.15) is 0 Å². The van der Waals surface area contributed by atoms with Gasteiger partial charge in [0.05, 0.1) is 18.5 Å². The molecule has 6 heteroatoms. The molecule has 2 heterocycles. The molecular weight excluding hydrogens is 318 g/mol. The topological polar surface area (TPSA) is 50.5 Å². The first-order chi connectivity index (χ1) is 10.6. The molecule has 0 bridgehead atoms. The highest BCUT2D eigenvalue weighted by atomic mass is 32.2. The fourth-order valence-electron chi connectivity index (χ4n) is 2.11. The van der Waals surface area contributed by atoms with Gasteiger partial charge >= 0.3 is 0 Å². The van der Waals surface area contributed by atoms with Crippen molar-refractivity contribution in [1.29, 1.82) is 0 Å². The molecule has 114 valence electrons. The first-order valence-electron chi connectivity index (χ1n) is 6.74. The average Bonchev–Trinajstić information content (AvgIpc) is 3.17. The number of hydrogen-bond acceptors (Lipinski definition) is 4. The number of nitrogens with zero attached hydrogens (tertiary/aromatic N) is 1. The smallest absolute Gasteiger partial charge is 0.274 e. The Balaban J connectivity index is 2.05. The minimum absolute atomic E-state index is 0.163. The Bertz CT molecular complexity index is 837. The minimum atomic E-state index is -3.62. The van der Waals surface area contributed by atoms with E-state index in [9.17, 15) is 8.42 Å². The number of anilines is 1. The van der Waals surface area contributed by atoms with E-state index in [0.29, 0.717) is 15.7 Å². The lowest BCUT2D eigenvalue weighted by atomic mass is 10.3. The second-order valence-corrected chi connectivity index (χ2v) is 8.17. The van der Waals surface area contributed by atoms with E-state index in [4.69, 9.17) is 4.42 Å². The van der Waals surface area contributed by atoms with Crippen molar-refractivity contribution in [1.82, 2.24) is 0 Å². The van der Waals surface area contributed by atoms with Gasteiger partial charge in [-0.25, -0.2) is 8.42 Å². The highest BCUT2D eigenvalue weighted by Crippen LogP contribution is 2.29. The maximum absolute atomic E-state index is 13.0. The van der Waals surface area contributed by atoms with Gasteiger partial charge in [0.25, 0.3) is 10.0 Å². The molecule has 3 aromatic rings. The molecule has 2 aromatic heterocycles. The summed E-state index contributed by atoms with van der Waals surface area (Å²) in [5.74, 6) is 0.598. The van der Waals surface area contributed by atoms with E-state index in [2.05, 4.69) is 0 Å². The molecule has 0 spiro atoms. The van der Waals surface area contributed by atoms with Crippen LogP contribution in [0.3, 0.4) is 0 Å². The molecule has 0 N–H and O–H groups in total. The number of furan rings is 1. The van der Waals surface area contributed by atoms with Crippen molar-refractivity contribution in [2.24, 2.45) is 0 Å². The molecule has 0 atom stereocenters. The monoisotopic (exact) mass is 333 g/mol. The van der Waals surface area contributed by atoms with Gasteiger partial charge in [-0.15, -0.1) is 11.3 Å². The zero-order chi connectivity index (χ0) is 15.6. The highest BCUT2D eigenvalue weighted by molar-refractivity contribution is 7.94. The first kappa shape index (κ1) is 14.9. The molecule has 0 saturated carbocycles. The van der Waals surface area contributed by atoms with Crippen LogP contribution in [0.15, 0.2) is 69.5 Å². The van der Waals surface area contributed by atoms with Crippen LogP contribution < -0.4 is 4.31 Å². The zero-order valence-corrected chi connectivity index (χ0v) is 13.6. The van der Waals surface area contributed by atoms with Crippen molar-refractivity contribution in [3.8, 4) is 0 Å². The Kier molecular flexibility index (Phi) is 4.04. The van der Waals surface area contributed by atoms with Gasteiger partial charge in [-0.3, -0.25) is 4.31 Å². The SMILES string of the molecule is Cc1ccc(S(=O)(=O)N(Cc2ccco2)c2ccccc2)s1. The fourth-order valence-corrected chi connectivity index (χ4v) is 4.94. The highest BCUT2D eigenvalue weighted by Gasteiger charge is 2.27. The summed E-state index contributed by atoms with van der Waals surface area (Å²) in [6.07, 6.45) is 1.54. The van der Waals surface area contributed by atoms with Crippen molar-refractivity contribution >= 4 is 27.0 Å². The van der Waals surface area contributed by atoms with Crippen LogP contribution in [-0.2, 0) is 16.6 Å². The predicted octanol–water partition coefficient (Wildman–Crippen LogP) is 4.05. The van der Waals surface area contributed by atoms with E-state index < -0.39 is 10.0 Å². The van der Waals surface area contributed by atoms with Crippen LogP contribution in [0.4, 0.5) is 5.69 Å². The van der Waals surface area contributed by atoms with Crippen molar-refractivity contribution in [2.45, 2.75) is 17.7 Å². The molecule has 0 saturated heterocycles. The molecule has 0 amide bonds. The van der Waals surface area contributed by atoms with Gasteiger partial charge in [-0.05, 0) is 43.3 Å². The van der Waals surface area contributed by atoms with E-state index in [0.717, 1.165) is 4.88 Å². The van der Waals surface area contributed by atoms with Gasteiger partial charge < -0.3 is 4.42 Å². The van der Waals surface area contributed by atoms with E-state index in [1.807, 2.05) is 31.2 Å². The molecule has 0 radical (unpaired) electrons. The van der Waals surface area contributed by atoms with Gasteiger partial charge in [-0.1, -0.05) is 18.2 Å².